The maximum absolute atomic E-state index is 12.1. The number of amides is 1. The molecule has 1 rings (SSSR count). The number of rotatable bonds is 7. The predicted molar refractivity (Wildman–Crippen MR) is 82.2 cm³/mol. The first-order chi connectivity index (χ1) is 9.77. The molecule has 0 aliphatic rings. The number of nitrogens with two attached hydrogens (primary N) is 1. The molecule has 3 N–H and O–H groups in total. The van der Waals surface area contributed by atoms with Crippen LogP contribution in [0.3, 0.4) is 0 Å². The summed E-state index contributed by atoms with van der Waals surface area (Å²) < 4.78 is 26.6. The molecular formula is C14H23N3O3S. The normalized spacial score (nSPS) is 13.0. The standard InChI is InChI=1S/C14H23N3O3S/c1-11-4-6-13(7-5-11)21(19,20)16-8-9-17(3)14(18)12(2)10-15/h4-7,12,16H,8-10,15H2,1-3H3. The van der Waals surface area contributed by atoms with E-state index in [0.717, 1.165) is 5.56 Å². The Balaban J connectivity index is 2.55. The fourth-order valence-corrected chi connectivity index (χ4v) is 2.76. The maximum Gasteiger partial charge on any atom is 0.240 e. The van der Waals surface area contributed by atoms with Gasteiger partial charge in [-0.25, -0.2) is 13.1 Å². The predicted octanol–water partition coefficient (Wildman–Crippen LogP) is 0.327. The molecule has 0 fully saturated rings. The molecule has 0 saturated heterocycles. The number of likely N-dealkylation sites (N-methyl/N-ethyl adjacent to an activating group) is 1. The van der Waals surface area contributed by atoms with E-state index in [9.17, 15) is 13.2 Å². The number of nitrogens with zero attached hydrogens (tertiary/aromatic N) is 1. The molecule has 1 amide bonds. The Morgan fingerprint density at radius 2 is 1.90 bits per heavy atom. The van der Waals surface area contributed by atoms with Gasteiger partial charge in [0.25, 0.3) is 0 Å². The average Bonchev–Trinajstić information content (AvgIpc) is 2.45. The SMILES string of the molecule is Cc1ccc(S(=O)(=O)NCCN(C)C(=O)C(C)CN)cc1. The lowest BCUT2D eigenvalue weighted by Crippen LogP contribution is -2.40. The molecule has 1 unspecified atom stereocenters. The van der Waals surface area contributed by atoms with Gasteiger partial charge in [-0.2, -0.15) is 0 Å². The van der Waals surface area contributed by atoms with Gasteiger partial charge in [-0.15, -0.1) is 0 Å². The van der Waals surface area contributed by atoms with Crippen LogP contribution in [0, 0.1) is 12.8 Å². The molecule has 0 aromatic heterocycles. The molecule has 118 valence electrons. The zero-order valence-corrected chi connectivity index (χ0v) is 13.5. The van der Waals surface area contributed by atoms with Crippen molar-refractivity contribution in [3.63, 3.8) is 0 Å². The van der Waals surface area contributed by atoms with Crippen LogP contribution in [0.4, 0.5) is 0 Å². The summed E-state index contributed by atoms with van der Waals surface area (Å²) in [6.45, 7) is 4.38. The van der Waals surface area contributed by atoms with E-state index in [1.54, 1.807) is 38.2 Å². The summed E-state index contributed by atoms with van der Waals surface area (Å²) in [5, 5.41) is 0. The van der Waals surface area contributed by atoms with E-state index in [4.69, 9.17) is 5.73 Å². The number of benzene rings is 1. The molecule has 7 heteroatoms. The van der Waals surface area contributed by atoms with E-state index in [1.807, 2.05) is 6.92 Å². The largest absolute Gasteiger partial charge is 0.344 e. The first-order valence-corrected chi connectivity index (χ1v) is 8.27. The molecule has 6 nitrogen and oxygen atoms in total. The topological polar surface area (TPSA) is 92.5 Å². The molecule has 0 heterocycles. The summed E-state index contributed by atoms with van der Waals surface area (Å²) in [5.74, 6) is -0.351. The zero-order valence-electron chi connectivity index (χ0n) is 12.7. The summed E-state index contributed by atoms with van der Waals surface area (Å²) in [6, 6.07) is 6.60. The van der Waals surface area contributed by atoms with Gasteiger partial charge in [-0.3, -0.25) is 4.79 Å². The highest BCUT2D eigenvalue weighted by atomic mass is 32.2. The number of nitrogens with one attached hydrogen (secondary N) is 1. The van der Waals surface area contributed by atoms with Crippen LogP contribution in [0.2, 0.25) is 0 Å². The molecule has 0 radical (unpaired) electrons. The van der Waals surface area contributed by atoms with Gasteiger partial charge in [0.05, 0.1) is 4.90 Å². The van der Waals surface area contributed by atoms with E-state index >= 15 is 0 Å². The second-order valence-corrected chi connectivity index (χ2v) is 6.87. The Labute approximate surface area is 126 Å². The van der Waals surface area contributed by atoms with Gasteiger partial charge in [0.15, 0.2) is 0 Å². The lowest BCUT2D eigenvalue weighted by atomic mass is 10.1. The van der Waals surface area contributed by atoms with Crippen molar-refractivity contribution in [2.75, 3.05) is 26.7 Å². The maximum atomic E-state index is 12.1. The van der Waals surface area contributed by atoms with Crippen LogP contribution in [0.15, 0.2) is 29.2 Å². The molecule has 0 spiro atoms. The fraction of sp³-hybridized carbons (Fsp3) is 0.500. The zero-order chi connectivity index (χ0) is 16.0. The lowest BCUT2D eigenvalue weighted by Gasteiger charge is -2.20. The van der Waals surface area contributed by atoms with Crippen molar-refractivity contribution in [3.05, 3.63) is 29.8 Å². The van der Waals surface area contributed by atoms with Crippen LogP contribution < -0.4 is 10.5 Å². The van der Waals surface area contributed by atoms with Crippen molar-refractivity contribution in [2.24, 2.45) is 11.7 Å². The van der Waals surface area contributed by atoms with Crippen molar-refractivity contribution in [1.82, 2.24) is 9.62 Å². The highest BCUT2D eigenvalue weighted by Gasteiger charge is 2.17. The number of hydrogen-bond acceptors (Lipinski definition) is 4. The highest BCUT2D eigenvalue weighted by molar-refractivity contribution is 7.89. The van der Waals surface area contributed by atoms with Crippen LogP contribution >= 0.6 is 0 Å². The lowest BCUT2D eigenvalue weighted by molar-refractivity contribution is -0.133. The first-order valence-electron chi connectivity index (χ1n) is 6.79. The summed E-state index contributed by atoms with van der Waals surface area (Å²) >= 11 is 0. The van der Waals surface area contributed by atoms with Crippen LogP contribution in [-0.4, -0.2) is 45.9 Å². The summed E-state index contributed by atoms with van der Waals surface area (Å²) in [4.78, 5) is 13.5. The smallest absolute Gasteiger partial charge is 0.240 e. The fourth-order valence-electron chi connectivity index (χ4n) is 1.74. The van der Waals surface area contributed by atoms with Gasteiger partial charge in [0.1, 0.15) is 0 Å². The average molecular weight is 313 g/mol. The van der Waals surface area contributed by atoms with Crippen molar-refractivity contribution in [1.29, 1.82) is 0 Å². The third-order valence-corrected chi connectivity index (χ3v) is 4.70. The molecular weight excluding hydrogens is 290 g/mol. The van der Waals surface area contributed by atoms with Crippen LogP contribution in [-0.2, 0) is 14.8 Å². The van der Waals surface area contributed by atoms with Crippen molar-refractivity contribution in [2.45, 2.75) is 18.7 Å². The van der Waals surface area contributed by atoms with Crippen molar-refractivity contribution >= 4 is 15.9 Å². The summed E-state index contributed by atoms with van der Waals surface area (Å²) in [6.07, 6.45) is 0. The van der Waals surface area contributed by atoms with E-state index in [-0.39, 0.29) is 29.8 Å². The van der Waals surface area contributed by atoms with E-state index in [1.165, 1.54) is 4.90 Å². The summed E-state index contributed by atoms with van der Waals surface area (Å²) in [5.41, 5.74) is 6.43. The first kappa shape index (κ1) is 17.6. The molecule has 0 bridgehead atoms. The minimum atomic E-state index is -3.54. The van der Waals surface area contributed by atoms with Crippen molar-refractivity contribution < 1.29 is 13.2 Å². The third kappa shape index (κ3) is 5.11. The van der Waals surface area contributed by atoms with Gasteiger partial charge in [0.2, 0.25) is 15.9 Å². The van der Waals surface area contributed by atoms with Gasteiger partial charge in [-0.05, 0) is 19.1 Å². The van der Waals surface area contributed by atoms with E-state index in [2.05, 4.69) is 4.72 Å². The molecule has 21 heavy (non-hydrogen) atoms. The molecule has 0 aliphatic heterocycles. The van der Waals surface area contributed by atoms with Gasteiger partial charge in [0, 0.05) is 32.6 Å². The van der Waals surface area contributed by atoms with Crippen LogP contribution in [0.1, 0.15) is 12.5 Å². The number of aryl methyl sites for hydroxylation is 1. The number of sulfonamides is 1. The summed E-state index contributed by atoms with van der Waals surface area (Å²) in [7, 11) is -1.90. The van der Waals surface area contributed by atoms with Gasteiger partial charge >= 0.3 is 0 Å². The molecule has 1 aromatic carbocycles. The quantitative estimate of drug-likeness (QED) is 0.758. The second-order valence-electron chi connectivity index (χ2n) is 5.11. The Hall–Kier alpha value is -1.44. The molecule has 0 saturated carbocycles. The van der Waals surface area contributed by atoms with Crippen LogP contribution in [0.5, 0.6) is 0 Å². The van der Waals surface area contributed by atoms with E-state index < -0.39 is 10.0 Å². The minimum Gasteiger partial charge on any atom is -0.344 e. The number of carbonyl (C=O) groups is 1. The van der Waals surface area contributed by atoms with Crippen LogP contribution in [0.25, 0.3) is 0 Å². The Bertz CT molecular complexity index is 570. The van der Waals surface area contributed by atoms with Gasteiger partial charge in [-0.1, -0.05) is 24.6 Å². The third-order valence-electron chi connectivity index (χ3n) is 3.22. The Kier molecular flexibility index (Phi) is 6.32. The van der Waals surface area contributed by atoms with Crippen molar-refractivity contribution in [3.8, 4) is 0 Å². The van der Waals surface area contributed by atoms with E-state index in [0.29, 0.717) is 6.54 Å². The second kappa shape index (κ2) is 7.53. The highest BCUT2D eigenvalue weighted by Crippen LogP contribution is 2.09. The number of carbonyl (C=O) groups excluding carboxylic acids is 1. The monoisotopic (exact) mass is 313 g/mol. The molecule has 0 aliphatic carbocycles. The Morgan fingerprint density at radius 3 is 2.43 bits per heavy atom. The molecule has 1 aromatic rings. The number of hydrogen-bond donors (Lipinski definition) is 2. The molecule has 1 atom stereocenters. The minimum absolute atomic E-state index is 0.0907. The Morgan fingerprint density at radius 1 is 1.33 bits per heavy atom. The van der Waals surface area contributed by atoms with Gasteiger partial charge < -0.3 is 10.6 Å².